The highest BCUT2D eigenvalue weighted by atomic mass is 19.3. The van der Waals surface area contributed by atoms with Crippen LogP contribution in [-0.4, -0.2) is 6.61 Å². The lowest BCUT2D eigenvalue weighted by molar-refractivity contribution is -0.0499. The van der Waals surface area contributed by atoms with Gasteiger partial charge < -0.3 is 10.1 Å². The van der Waals surface area contributed by atoms with E-state index >= 15 is 0 Å². The van der Waals surface area contributed by atoms with Crippen molar-refractivity contribution in [3.05, 3.63) is 65.7 Å². The Labute approximate surface area is 123 Å². The van der Waals surface area contributed by atoms with Gasteiger partial charge in [0.2, 0.25) is 0 Å². The van der Waals surface area contributed by atoms with Gasteiger partial charge in [-0.2, -0.15) is 8.78 Å². The molecule has 0 bridgehead atoms. The first kappa shape index (κ1) is 15.4. The molecule has 2 aromatic carbocycles. The summed E-state index contributed by atoms with van der Waals surface area (Å²) in [7, 11) is 0. The average Bonchev–Trinajstić information content (AvgIpc) is 2.47. The predicted octanol–water partition coefficient (Wildman–Crippen LogP) is 4.70. The Morgan fingerprint density at radius 3 is 2.14 bits per heavy atom. The topological polar surface area (TPSA) is 21.3 Å². The highest BCUT2D eigenvalue weighted by Gasteiger charge is 2.12. The van der Waals surface area contributed by atoms with Gasteiger partial charge >= 0.3 is 6.61 Å². The molecular formula is C17H19F2NO. The lowest BCUT2D eigenvalue weighted by Gasteiger charge is -2.21. The molecule has 0 aromatic heterocycles. The first-order chi connectivity index (χ1) is 10.1. The van der Waals surface area contributed by atoms with Crippen LogP contribution in [0.25, 0.3) is 0 Å². The second-order valence-electron chi connectivity index (χ2n) is 4.97. The van der Waals surface area contributed by atoms with Crippen molar-refractivity contribution in [2.75, 3.05) is 0 Å². The van der Waals surface area contributed by atoms with E-state index in [-0.39, 0.29) is 17.8 Å². The van der Waals surface area contributed by atoms with Crippen molar-refractivity contribution in [3.8, 4) is 5.75 Å². The van der Waals surface area contributed by atoms with Gasteiger partial charge in [0.05, 0.1) is 0 Å². The molecule has 21 heavy (non-hydrogen) atoms. The molecule has 0 amide bonds. The minimum absolute atomic E-state index is 0.0291. The standard InChI is InChI=1S/C17H19F2NO/c1-12(14-7-4-3-5-8-14)20-13(2)15-9-6-10-16(11-15)21-17(18)19/h3-13,17,20H,1-2H3/t12-,13?/m1/s1. The number of hydrogen-bond donors (Lipinski definition) is 1. The third kappa shape index (κ3) is 4.53. The molecule has 0 saturated heterocycles. The van der Waals surface area contributed by atoms with Crippen LogP contribution in [0.4, 0.5) is 8.78 Å². The van der Waals surface area contributed by atoms with Crippen LogP contribution in [0.15, 0.2) is 54.6 Å². The van der Waals surface area contributed by atoms with Crippen molar-refractivity contribution in [2.24, 2.45) is 0 Å². The minimum Gasteiger partial charge on any atom is -0.435 e. The summed E-state index contributed by atoms with van der Waals surface area (Å²) in [5.41, 5.74) is 2.10. The first-order valence-corrected chi connectivity index (χ1v) is 6.92. The Morgan fingerprint density at radius 2 is 1.48 bits per heavy atom. The lowest BCUT2D eigenvalue weighted by Crippen LogP contribution is -2.22. The zero-order valence-electron chi connectivity index (χ0n) is 12.1. The van der Waals surface area contributed by atoms with E-state index in [9.17, 15) is 8.78 Å². The molecule has 0 spiro atoms. The average molecular weight is 291 g/mol. The number of halogens is 2. The smallest absolute Gasteiger partial charge is 0.387 e. The van der Waals surface area contributed by atoms with Gasteiger partial charge in [-0.1, -0.05) is 42.5 Å². The quantitative estimate of drug-likeness (QED) is 0.833. The third-order valence-corrected chi connectivity index (χ3v) is 3.38. The van der Waals surface area contributed by atoms with E-state index in [2.05, 4.69) is 29.1 Å². The number of rotatable bonds is 6. The molecule has 0 aliphatic heterocycles. The van der Waals surface area contributed by atoms with Crippen molar-refractivity contribution in [3.63, 3.8) is 0 Å². The Hall–Kier alpha value is -1.94. The summed E-state index contributed by atoms with van der Waals surface area (Å²) in [6, 6.07) is 17.1. The summed E-state index contributed by atoms with van der Waals surface area (Å²) >= 11 is 0. The van der Waals surface area contributed by atoms with Gasteiger partial charge in [0, 0.05) is 12.1 Å². The predicted molar refractivity (Wildman–Crippen MR) is 79.5 cm³/mol. The summed E-state index contributed by atoms with van der Waals surface area (Å²) in [6.45, 7) is 1.28. The lowest BCUT2D eigenvalue weighted by atomic mass is 10.0. The molecule has 0 aliphatic carbocycles. The maximum Gasteiger partial charge on any atom is 0.387 e. The van der Waals surface area contributed by atoms with Gasteiger partial charge in [0.1, 0.15) is 5.75 Å². The van der Waals surface area contributed by atoms with E-state index in [0.29, 0.717) is 0 Å². The molecule has 2 aromatic rings. The monoisotopic (exact) mass is 291 g/mol. The highest BCUT2D eigenvalue weighted by Crippen LogP contribution is 2.23. The molecule has 0 aliphatic rings. The molecule has 0 saturated carbocycles. The molecule has 0 radical (unpaired) electrons. The van der Waals surface area contributed by atoms with Crippen LogP contribution in [0.5, 0.6) is 5.75 Å². The molecule has 1 unspecified atom stereocenters. The molecule has 2 nitrogen and oxygen atoms in total. The molecule has 2 rings (SSSR count). The third-order valence-electron chi connectivity index (χ3n) is 3.38. The fourth-order valence-electron chi connectivity index (χ4n) is 2.27. The number of ether oxygens (including phenoxy) is 1. The van der Waals surface area contributed by atoms with Gasteiger partial charge in [-0.25, -0.2) is 0 Å². The molecule has 4 heteroatoms. The van der Waals surface area contributed by atoms with Crippen LogP contribution in [-0.2, 0) is 0 Å². The van der Waals surface area contributed by atoms with E-state index in [1.165, 1.54) is 11.6 Å². The second kappa shape index (κ2) is 7.18. The maximum atomic E-state index is 12.2. The van der Waals surface area contributed by atoms with Crippen molar-refractivity contribution in [2.45, 2.75) is 32.5 Å². The molecule has 1 N–H and O–H groups in total. The summed E-state index contributed by atoms with van der Waals surface area (Å²) in [5.74, 6) is 0.184. The number of hydrogen-bond acceptors (Lipinski definition) is 2. The van der Waals surface area contributed by atoms with Crippen LogP contribution >= 0.6 is 0 Å². The maximum absolute atomic E-state index is 12.2. The van der Waals surface area contributed by atoms with Gasteiger partial charge in [-0.3, -0.25) is 0 Å². The van der Waals surface area contributed by atoms with E-state index < -0.39 is 6.61 Å². The van der Waals surface area contributed by atoms with Gasteiger partial charge in [-0.15, -0.1) is 0 Å². The van der Waals surface area contributed by atoms with Crippen LogP contribution in [0.1, 0.15) is 37.1 Å². The zero-order chi connectivity index (χ0) is 15.2. The zero-order valence-corrected chi connectivity index (χ0v) is 12.1. The number of benzene rings is 2. The fraction of sp³-hybridized carbons (Fsp3) is 0.294. The van der Waals surface area contributed by atoms with E-state index in [1.807, 2.05) is 31.2 Å². The van der Waals surface area contributed by atoms with Crippen LogP contribution in [0.3, 0.4) is 0 Å². The van der Waals surface area contributed by atoms with Gasteiger partial charge in [0.25, 0.3) is 0 Å². The van der Waals surface area contributed by atoms with E-state index in [0.717, 1.165) is 5.56 Å². The molecular weight excluding hydrogens is 272 g/mol. The first-order valence-electron chi connectivity index (χ1n) is 6.92. The minimum atomic E-state index is -2.80. The Balaban J connectivity index is 2.04. The fourth-order valence-corrected chi connectivity index (χ4v) is 2.27. The number of nitrogens with one attached hydrogen (secondary N) is 1. The SMILES string of the molecule is CC(N[C@H](C)c1ccccc1)c1cccc(OC(F)F)c1. The normalized spacial score (nSPS) is 14.0. The summed E-state index contributed by atoms with van der Waals surface area (Å²) in [4.78, 5) is 0. The largest absolute Gasteiger partial charge is 0.435 e. The molecule has 112 valence electrons. The summed E-state index contributed by atoms with van der Waals surface area (Å²) in [5, 5.41) is 3.45. The Kier molecular flexibility index (Phi) is 5.28. The molecule has 0 fully saturated rings. The van der Waals surface area contributed by atoms with Crippen LogP contribution in [0, 0.1) is 0 Å². The molecule has 2 atom stereocenters. The molecule has 0 heterocycles. The second-order valence-corrected chi connectivity index (χ2v) is 4.97. The van der Waals surface area contributed by atoms with Gasteiger partial charge in [-0.05, 0) is 37.1 Å². The van der Waals surface area contributed by atoms with E-state index in [1.54, 1.807) is 12.1 Å². The van der Waals surface area contributed by atoms with E-state index in [4.69, 9.17) is 0 Å². The van der Waals surface area contributed by atoms with Crippen molar-refractivity contribution in [1.82, 2.24) is 5.32 Å². The van der Waals surface area contributed by atoms with Gasteiger partial charge in [0.15, 0.2) is 0 Å². The Bertz CT molecular complexity index is 560. The van der Waals surface area contributed by atoms with Crippen molar-refractivity contribution < 1.29 is 13.5 Å². The Morgan fingerprint density at radius 1 is 0.857 bits per heavy atom. The highest BCUT2D eigenvalue weighted by molar-refractivity contribution is 5.30. The van der Waals surface area contributed by atoms with Crippen LogP contribution < -0.4 is 10.1 Å². The van der Waals surface area contributed by atoms with Crippen LogP contribution in [0.2, 0.25) is 0 Å². The van der Waals surface area contributed by atoms with Crippen molar-refractivity contribution in [1.29, 1.82) is 0 Å². The summed E-state index contributed by atoms with van der Waals surface area (Å²) < 4.78 is 28.9. The number of alkyl halides is 2. The van der Waals surface area contributed by atoms with Crippen molar-refractivity contribution >= 4 is 0 Å². The summed E-state index contributed by atoms with van der Waals surface area (Å²) in [6.07, 6.45) is 0.